The van der Waals surface area contributed by atoms with Crippen molar-refractivity contribution in [3.63, 3.8) is 0 Å². The third-order valence-electron chi connectivity index (χ3n) is 4.66. The summed E-state index contributed by atoms with van der Waals surface area (Å²) in [5.41, 5.74) is 1.16. The molecular formula is C19H20BrFN2O3S. The molecule has 5 nitrogen and oxygen atoms in total. The Labute approximate surface area is 166 Å². The van der Waals surface area contributed by atoms with Crippen molar-refractivity contribution in [2.45, 2.75) is 24.7 Å². The second-order valence-electron chi connectivity index (χ2n) is 6.60. The molecule has 2 aromatic rings. The van der Waals surface area contributed by atoms with Gasteiger partial charge in [-0.1, -0.05) is 22.0 Å². The highest BCUT2D eigenvalue weighted by atomic mass is 79.9. The van der Waals surface area contributed by atoms with E-state index in [4.69, 9.17) is 0 Å². The number of hydrogen-bond donors (Lipinski definition) is 1. The Balaban J connectivity index is 1.74. The average molecular weight is 455 g/mol. The maximum Gasteiger partial charge on any atom is 0.243 e. The number of aryl methyl sites for hydroxylation is 1. The summed E-state index contributed by atoms with van der Waals surface area (Å²) in [4.78, 5) is 12.8. The summed E-state index contributed by atoms with van der Waals surface area (Å²) in [5.74, 6) is -1.20. The zero-order valence-electron chi connectivity index (χ0n) is 14.8. The van der Waals surface area contributed by atoms with Crippen molar-refractivity contribution in [2.24, 2.45) is 5.92 Å². The molecule has 27 heavy (non-hydrogen) atoms. The highest BCUT2D eigenvalue weighted by Crippen LogP contribution is 2.26. The van der Waals surface area contributed by atoms with Gasteiger partial charge in [0.2, 0.25) is 15.9 Å². The van der Waals surface area contributed by atoms with E-state index in [2.05, 4.69) is 21.2 Å². The molecule has 0 saturated carbocycles. The first-order valence-corrected chi connectivity index (χ1v) is 10.8. The zero-order chi connectivity index (χ0) is 19.6. The van der Waals surface area contributed by atoms with E-state index in [-0.39, 0.29) is 17.3 Å². The Bertz CT molecular complexity index is 948. The van der Waals surface area contributed by atoms with Crippen LogP contribution in [0.15, 0.2) is 51.8 Å². The molecule has 0 radical (unpaired) electrons. The van der Waals surface area contributed by atoms with Crippen molar-refractivity contribution in [1.82, 2.24) is 4.31 Å². The first-order valence-electron chi connectivity index (χ1n) is 8.60. The van der Waals surface area contributed by atoms with E-state index < -0.39 is 21.8 Å². The van der Waals surface area contributed by atoms with Crippen LogP contribution in [0.4, 0.5) is 10.1 Å². The highest BCUT2D eigenvalue weighted by molar-refractivity contribution is 9.10. The number of amides is 1. The lowest BCUT2D eigenvalue weighted by Gasteiger charge is -2.31. The van der Waals surface area contributed by atoms with Crippen molar-refractivity contribution in [3.05, 3.63) is 58.3 Å². The van der Waals surface area contributed by atoms with Gasteiger partial charge in [0.15, 0.2) is 0 Å². The van der Waals surface area contributed by atoms with Crippen molar-refractivity contribution < 1.29 is 17.6 Å². The molecule has 0 aliphatic carbocycles. The van der Waals surface area contributed by atoms with Crippen LogP contribution >= 0.6 is 15.9 Å². The Hall–Kier alpha value is -1.77. The largest absolute Gasteiger partial charge is 0.325 e. The van der Waals surface area contributed by atoms with Crippen LogP contribution in [0.25, 0.3) is 0 Å². The van der Waals surface area contributed by atoms with E-state index >= 15 is 0 Å². The Kier molecular flexibility index (Phi) is 5.98. The number of carbonyl (C=O) groups excluding carboxylic acids is 1. The standard InChI is InChI=1S/C19H20BrFN2O3S/c1-13-4-7-16(21)11-18(13)22-19(24)14-3-2-10-23(12-14)27(25,26)17-8-5-15(20)6-9-17/h4-9,11,14H,2-3,10,12H2,1H3,(H,22,24)/t14-/m0/s1. The number of nitrogens with one attached hydrogen (secondary N) is 1. The van der Waals surface area contributed by atoms with Crippen LogP contribution in [0.1, 0.15) is 18.4 Å². The lowest BCUT2D eigenvalue weighted by Crippen LogP contribution is -2.43. The quantitative estimate of drug-likeness (QED) is 0.760. The topological polar surface area (TPSA) is 66.5 Å². The van der Waals surface area contributed by atoms with Crippen LogP contribution in [-0.4, -0.2) is 31.7 Å². The SMILES string of the molecule is Cc1ccc(F)cc1NC(=O)[C@H]1CCCN(S(=O)(=O)c2ccc(Br)cc2)C1. The predicted octanol–water partition coefficient (Wildman–Crippen LogP) is 3.94. The molecule has 1 fully saturated rings. The smallest absolute Gasteiger partial charge is 0.243 e. The fourth-order valence-corrected chi connectivity index (χ4v) is 4.88. The van der Waals surface area contributed by atoms with Gasteiger partial charge in [0.25, 0.3) is 0 Å². The first kappa shape index (κ1) is 20.0. The number of sulfonamides is 1. The Morgan fingerprint density at radius 1 is 1.22 bits per heavy atom. The number of rotatable bonds is 4. The number of carbonyl (C=O) groups is 1. The third-order valence-corrected chi connectivity index (χ3v) is 7.07. The molecule has 1 N–H and O–H groups in total. The van der Waals surface area contributed by atoms with E-state index in [1.807, 2.05) is 0 Å². The number of piperidine rings is 1. The summed E-state index contributed by atoms with van der Waals surface area (Å²) < 4.78 is 41.3. The molecule has 0 unspecified atom stereocenters. The predicted molar refractivity (Wildman–Crippen MR) is 105 cm³/mol. The van der Waals surface area contributed by atoms with Gasteiger partial charge in [-0.25, -0.2) is 12.8 Å². The minimum Gasteiger partial charge on any atom is -0.325 e. The van der Waals surface area contributed by atoms with E-state index in [1.165, 1.54) is 16.4 Å². The molecule has 1 atom stereocenters. The van der Waals surface area contributed by atoms with Gasteiger partial charge in [-0.2, -0.15) is 4.31 Å². The van der Waals surface area contributed by atoms with E-state index in [1.54, 1.807) is 37.3 Å². The molecule has 1 saturated heterocycles. The summed E-state index contributed by atoms with van der Waals surface area (Å²) >= 11 is 3.29. The number of anilines is 1. The molecule has 0 aromatic heterocycles. The zero-order valence-corrected chi connectivity index (χ0v) is 17.2. The van der Waals surface area contributed by atoms with Gasteiger partial charge in [0, 0.05) is 23.2 Å². The fourth-order valence-electron chi connectivity index (χ4n) is 3.09. The maximum atomic E-state index is 13.4. The summed E-state index contributed by atoms with van der Waals surface area (Å²) in [6.07, 6.45) is 1.18. The van der Waals surface area contributed by atoms with Crippen molar-refractivity contribution in [3.8, 4) is 0 Å². The molecule has 3 rings (SSSR count). The van der Waals surface area contributed by atoms with E-state index in [9.17, 15) is 17.6 Å². The minimum absolute atomic E-state index is 0.110. The molecule has 0 bridgehead atoms. The van der Waals surface area contributed by atoms with Crippen molar-refractivity contribution in [2.75, 3.05) is 18.4 Å². The number of benzene rings is 2. The van der Waals surface area contributed by atoms with Gasteiger partial charge in [-0.05, 0) is 61.7 Å². The molecule has 144 valence electrons. The Morgan fingerprint density at radius 2 is 1.93 bits per heavy atom. The average Bonchev–Trinajstić information content (AvgIpc) is 2.65. The van der Waals surface area contributed by atoms with Gasteiger partial charge < -0.3 is 5.32 Å². The Morgan fingerprint density at radius 3 is 2.63 bits per heavy atom. The summed E-state index contributed by atoms with van der Waals surface area (Å²) in [6, 6.07) is 10.6. The summed E-state index contributed by atoms with van der Waals surface area (Å²) in [7, 11) is -3.66. The lowest BCUT2D eigenvalue weighted by molar-refractivity contribution is -0.120. The molecule has 2 aromatic carbocycles. The molecule has 8 heteroatoms. The van der Waals surface area contributed by atoms with Crippen LogP contribution in [0.5, 0.6) is 0 Å². The third kappa shape index (κ3) is 4.56. The van der Waals surface area contributed by atoms with Crippen LogP contribution in [0.3, 0.4) is 0 Å². The van der Waals surface area contributed by atoms with Crippen LogP contribution < -0.4 is 5.32 Å². The number of halogens is 2. The first-order chi connectivity index (χ1) is 12.8. The lowest BCUT2D eigenvalue weighted by atomic mass is 9.98. The molecule has 1 aliphatic rings. The van der Waals surface area contributed by atoms with Gasteiger partial charge in [-0.3, -0.25) is 4.79 Å². The minimum atomic E-state index is -3.66. The highest BCUT2D eigenvalue weighted by Gasteiger charge is 2.33. The molecule has 1 aliphatic heterocycles. The van der Waals surface area contributed by atoms with E-state index in [0.717, 1.165) is 10.0 Å². The van der Waals surface area contributed by atoms with Crippen molar-refractivity contribution in [1.29, 1.82) is 0 Å². The van der Waals surface area contributed by atoms with Gasteiger partial charge in [0.1, 0.15) is 5.82 Å². The second-order valence-corrected chi connectivity index (χ2v) is 9.46. The summed E-state index contributed by atoms with van der Waals surface area (Å²) in [5, 5.41) is 2.73. The van der Waals surface area contributed by atoms with Gasteiger partial charge in [0.05, 0.1) is 10.8 Å². The molecule has 0 spiro atoms. The van der Waals surface area contributed by atoms with E-state index in [0.29, 0.717) is 25.1 Å². The summed E-state index contributed by atoms with van der Waals surface area (Å²) in [6.45, 7) is 2.26. The van der Waals surface area contributed by atoms with Crippen LogP contribution in [0, 0.1) is 18.7 Å². The van der Waals surface area contributed by atoms with Crippen LogP contribution in [0.2, 0.25) is 0 Å². The van der Waals surface area contributed by atoms with Crippen molar-refractivity contribution >= 4 is 37.5 Å². The number of nitrogens with zero attached hydrogens (tertiary/aromatic N) is 1. The van der Waals surface area contributed by atoms with Gasteiger partial charge in [-0.15, -0.1) is 0 Å². The second kappa shape index (κ2) is 8.08. The maximum absolute atomic E-state index is 13.4. The fraction of sp³-hybridized carbons (Fsp3) is 0.316. The molecule has 1 amide bonds. The number of hydrogen-bond acceptors (Lipinski definition) is 3. The normalized spacial score (nSPS) is 18.3. The molecule has 1 heterocycles. The monoisotopic (exact) mass is 454 g/mol. The van der Waals surface area contributed by atoms with Gasteiger partial charge >= 0.3 is 0 Å². The molecular weight excluding hydrogens is 435 g/mol. The van der Waals surface area contributed by atoms with Crippen LogP contribution in [-0.2, 0) is 14.8 Å².